The Morgan fingerprint density at radius 3 is 2.57 bits per heavy atom. The maximum absolute atomic E-state index is 11.1. The fraction of sp³-hybridized carbons (Fsp3) is 0.182. The van der Waals surface area contributed by atoms with Gasteiger partial charge in [0.25, 0.3) is 0 Å². The van der Waals surface area contributed by atoms with Gasteiger partial charge < -0.3 is 4.74 Å². The molecule has 0 saturated heterocycles. The lowest BCUT2D eigenvalue weighted by Crippen LogP contribution is -1.95. The first-order valence-electron chi connectivity index (χ1n) is 4.37. The van der Waals surface area contributed by atoms with Gasteiger partial charge in [-0.15, -0.1) is 0 Å². The van der Waals surface area contributed by atoms with Crippen LogP contribution >= 0.6 is 11.8 Å². The van der Waals surface area contributed by atoms with Crippen molar-refractivity contribution in [3.63, 3.8) is 0 Å². The first-order valence-corrected chi connectivity index (χ1v) is 5.19. The van der Waals surface area contributed by atoms with E-state index >= 15 is 0 Å². The van der Waals surface area contributed by atoms with Crippen molar-refractivity contribution in [2.24, 2.45) is 0 Å². The Hall–Kier alpha value is -1.22. The zero-order valence-electron chi connectivity index (χ0n) is 7.82. The van der Waals surface area contributed by atoms with Crippen molar-refractivity contribution in [2.45, 2.75) is 11.8 Å². The molecule has 0 aliphatic carbocycles. The number of cyclic esters (lactones) is 1. The van der Waals surface area contributed by atoms with Gasteiger partial charge in [-0.2, -0.15) is 0 Å². The molecule has 1 aliphatic rings. The first-order chi connectivity index (χ1) is 6.75. The SMILES string of the molecule is Cc1ccc(SC2=CCOC2=O)cc1. The largest absolute Gasteiger partial charge is 0.457 e. The number of benzene rings is 1. The van der Waals surface area contributed by atoms with Gasteiger partial charge in [0.1, 0.15) is 6.61 Å². The van der Waals surface area contributed by atoms with Crippen molar-refractivity contribution < 1.29 is 9.53 Å². The molecule has 0 spiro atoms. The van der Waals surface area contributed by atoms with Gasteiger partial charge in [0, 0.05) is 4.90 Å². The van der Waals surface area contributed by atoms with E-state index < -0.39 is 0 Å². The minimum absolute atomic E-state index is 0.212. The number of aryl methyl sites for hydroxylation is 1. The molecule has 3 heteroatoms. The highest BCUT2D eigenvalue weighted by Crippen LogP contribution is 2.29. The summed E-state index contributed by atoms with van der Waals surface area (Å²) in [6, 6.07) is 8.07. The number of rotatable bonds is 2. The van der Waals surface area contributed by atoms with Gasteiger partial charge in [0.15, 0.2) is 0 Å². The van der Waals surface area contributed by atoms with Crippen LogP contribution in [0.2, 0.25) is 0 Å². The number of thioether (sulfide) groups is 1. The van der Waals surface area contributed by atoms with Crippen LogP contribution in [0.4, 0.5) is 0 Å². The fourth-order valence-corrected chi connectivity index (χ4v) is 1.98. The average Bonchev–Trinajstić information content (AvgIpc) is 2.56. The summed E-state index contributed by atoms with van der Waals surface area (Å²) in [5.74, 6) is -0.212. The highest BCUT2D eigenvalue weighted by Gasteiger charge is 2.17. The van der Waals surface area contributed by atoms with Crippen molar-refractivity contribution >= 4 is 17.7 Å². The second kappa shape index (κ2) is 3.88. The van der Waals surface area contributed by atoms with Crippen molar-refractivity contribution in [3.05, 3.63) is 40.8 Å². The van der Waals surface area contributed by atoms with Crippen LogP contribution in [0.5, 0.6) is 0 Å². The number of esters is 1. The maximum atomic E-state index is 11.1. The van der Waals surface area contributed by atoms with Gasteiger partial charge in [0.2, 0.25) is 0 Å². The molecule has 14 heavy (non-hydrogen) atoms. The minimum atomic E-state index is -0.212. The molecule has 0 N–H and O–H groups in total. The molecule has 0 atom stereocenters. The van der Waals surface area contributed by atoms with E-state index in [4.69, 9.17) is 4.74 Å². The molecule has 0 unspecified atom stereocenters. The van der Waals surface area contributed by atoms with Gasteiger partial charge in [-0.05, 0) is 25.1 Å². The van der Waals surface area contributed by atoms with Crippen LogP contribution in [0, 0.1) is 6.92 Å². The third-order valence-corrected chi connectivity index (χ3v) is 2.99. The van der Waals surface area contributed by atoms with E-state index in [0.29, 0.717) is 11.5 Å². The Morgan fingerprint density at radius 2 is 2.00 bits per heavy atom. The van der Waals surface area contributed by atoms with E-state index in [2.05, 4.69) is 0 Å². The Morgan fingerprint density at radius 1 is 1.29 bits per heavy atom. The van der Waals surface area contributed by atoms with Crippen LogP contribution in [-0.2, 0) is 9.53 Å². The molecule has 1 heterocycles. The summed E-state index contributed by atoms with van der Waals surface area (Å²) >= 11 is 1.45. The fourth-order valence-electron chi connectivity index (χ4n) is 1.16. The maximum Gasteiger partial charge on any atom is 0.345 e. The van der Waals surface area contributed by atoms with Gasteiger partial charge in [-0.1, -0.05) is 29.5 Å². The topological polar surface area (TPSA) is 26.3 Å². The van der Waals surface area contributed by atoms with E-state index in [0.717, 1.165) is 4.90 Å². The predicted molar refractivity (Wildman–Crippen MR) is 56.1 cm³/mol. The van der Waals surface area contributed by atoms with Crippen LogP contribution in [0.25, 0.3) is 0 Å². The molecule has 0 saturated carbocycles. The molecule has 1 aromatic carbocycles. The Balaban J connectivity index is 2.11. The van der Waals surface area contributed by atoms with Gasteiger partial charge in [-0.25, -0.2) is 4.79 Å². The highest BCUT2D eigenvalue weighted by molar-refractivity contribution is 8.04. The first kappa shape index (κ1) is 9.34. The molecule has 0 bridgehead atoms. The van der Waals surface area contributed by atoms with E-state index in [9.17, 15) is 4.79 Å². The third-order valence-electron chi connectivity index (χ3n) is 1.93. The quantitative estimate of drug-likeness (QED) is 0.695. The Bertz CT molecular complexity index is 379. The molecule has 0 aromatic heterocycles. The predicted octanol–water partition coefficient (Wildman–Crippen LogP) is 2.53. The number of hydrogen-bond acceptors (Lipinski definition) is 3. The van der Waals surface area contributed by atoms with Crippen molar-refractivity contribution in [3.8, 4) is 0 Å². The lowest BCUT2D eigenvalue weighted by atomic mass is 10.2. The summed E-state index contributed by atoms with van der Waals surface area (Å²) in [5.41, 5.74) is 1.22. The molecular weight excluding hydrogens is 196 g/mol. The summed E-state index contributed by atoms with van der Waals surface area (Å²) < 4.78 is 4.81. The molecule has 0 radical (unpaired) electrons. The zero-order chi connectivity index (χ0) is 9.97. The smallest absolute Gasteiger partial charge is 0.345 e. The van der Waals surface area contributed by atoms with E-state index in [1.54, 1.807) is 0 Å². The lowest BCUT2D eigenvalue weighted by molar-refractivity contribution is -0.135. The van der Waals surface area contributed by atoms with Crippen LogP contribution in [0.1, 0.15) is 5.56 Å². The summed E-state index contributed by atoms with van der Waals surface area (Å²) in [7, 11) is 0. The van der Waals surface area contributed by atoms with Gasteiger partial charge in [0.05, 0.1) is 4.91 Å². The molecule has 72 valence electrons. The molecular formula is C11H10O2S. The summed E-state index contributed by atoms with van der Waals surface area (Å²) in [4.78, 5) is 12.9. The molecule has 0 fully saturated rings. The van der Waals surface area contributed by atoms with Crippen LogP contribution in [0.3, 0.4) is 0 Å². The van der Waals surface area contributed by atoms with E-state index in [1.807, 2.05) is 37.3 Å². The number of carbonyl (C=O) groups is 1. The van der Waals surface area contributed by atoms with Crippen LogP contribution < -0.4 is 0 Å². The molecule has 1 aromatic rings. The number of ether oxygens (including phenoxy) is 1. The summed E-state index contributed by atoms with van der Waals surface area (Å²) in [6.45, 7) is 2.45. The van der Waals surface area contributed by atoms with Crippen LogP contribution in [-0.4, -0.2) is 12.6 Å². The Kier molecular flexibility index (Phi) is 2.59. The zero-order valence-corrected chi connectivity index (χ0v) is 8.64. The third kappa shape index (κ3) is 1.99. The number of carbonyl (C=O) groups excluding carboxylic acids is 1. The molecule has 0 amide bonds. The molecule has 1 aliphatic heterocycles. The highest BCUT2D eigenvalue weighted by atomic mass is 32.2. The second-order valence-corrected chi connectivity index (χ2v) is 4.20. The van der Waals surface area contributed by atoms with E-state index in [-0.39, 0.29) is 5.97 Å². The Labute approximate surface area is 87.0 Å². The standard InChI is InChI=1S/C11H10O2S/c1-8-2-4-9(5-3-8)14-10-6-7-13-11(10)12/h2-6H,7H2,1H3. The van der Waals surface area contributed by atoms with Gasteiger partial charge in [-0.3, -0.25) is 0 Å². The normalized spacial score (nSPS) is 15.2. The van der Waals surface area contributed by atoms with Crippen molar-refractivity contribution in [1.29, 1.82) is 0 Å². The van der Waals surface area contributed by atoms with E-state index in [1.165, 1.54) is 17.3 Å². The summed E-state index contributed by atoms with van der Waals surface area (Å²) in [5, 5.41) is 0. The molecule has 2 nitrogen and oxygen atoms in total. The average molecular weight is 206 g/mol. The number of hydrogen-bond donors (Lipinski definition) is 0. The van der Waals surface area contributed by atoms with Gasteiger partial charge >= 0.3 is 5.97 Å². The second-order valence-electron chi connectivity index (χ2n) is 3.08. The molecule has 2 rings (SSSR count). The minimum Gasteiger partial charge on any atom is -0.457 e. The van der Waals surface area contributed by atoms with Crippen molar-refractivity contribution in [1.82, 2.24) is 0 Å². The van der Waals surface area contributed by atoms with Crippen LogP contribution in [0.15, 0.2) is 40.1 Å². The summed E-state index contributed by atoms with van der Waals surface area (Å²) in [6.07, 6.45) is 1.81. The monoisotopic (exact) mass is 206 g/mol. The lowest BCUT2D eigenvalue weighted by Gasteiger charge is -2.00. The van der Waals surface area contributed by atoms with Crippen molar-refractivity contribution in [2.75, 3.05) is 6.61 Å².